The third-order valence-corrected chi connectivity index (χ3v) is 4.73. The number of hydrazine groups is 1. The lowest BCUT2D eigenvalue weighted by atomic mass is 9.95. The Morgan fingerprint density at radius 1 is 1.19 bits per heavy atom. The summed E-state index contributed by atoms with van der Waals surface area (Å²) in [5.41, 5.74) is 6.90. The number of aryl methyl sites for hydroxylation is 1. The van der Waals surface area contributed by atoms with Gasteiger partial charge in [0.25, 0.3) is 10.1 Å². The summed E-state index contributed by atoms with van der Waals surface area (Å²) in [6, 6.07) is 5.99. The fourth-order valence-electron chi connectivity index (χ4n) is 2.61. The molecule has 3 rings (SSSR count). The summed E-state index contributed by atoms with van der Waals surface area (Å²) >= 11 is 0. The number of hydrogen-bond acceptors (Lipinski definition) is 5. The molecule has 1 heterocycles. The van der Waals surface area contributed by atoms with Gasteiger partial charge in [-0.15, -0.1) is 0 Å². The molecule has 1 aromatic rings. The van der Waals surface area contributed by atoms with Gasteiger partial charge in [0.15, 0.2) is 5.78 Å². The molecule has 0 aromatic heterocycles. The Morgan fingerprint density at radius 3 is 2.29 bits per heavy atom. The summed E-state index contributed by atoms with van der Waals surface area (Å²) < 4.78 is 29.6. The van der Waals surface area contributed by atoms with E-state index in [0.29, 0.717) is 5.78 Å². The van der Waals surface area contributed by atoms with Crippen molar-refractivity contribution in [2.75, 3.05) is 6.54 Å². The number of benzene rings is 1. The maximum Gasteiger partial charge on any atom is 0.294 e. The van der Waals surface area contributed by atoms with Crippen LogP contribution in [0.4, 0.5) is 0 Å². The molecule has 1 spiro atoms. The molecule has 1 unspecified atom stereocenters. The molecule has 0 bridgehead atoms. The van der Waals surface area contributed by atoms with E-state index in [1.165, 1.54) is 12.1 Å². The normalized spacial score (nSPS) is 25.0. The summed E-state index contributed by atoms with van der Waals surface area (Å²) in [5, 5.41) is 0. The smallest absolute Gasteiger partial charge is 0.294 e. The molecule has 1 atom stereocenters. The predicted octanol–water partition coefficient (Wildman–Crippen LogP) is 1.22. The van der Waals surface area contributed by atoms with Crippen LogP contribution in [0.15, 0.2) is 29.2 Å². The minimum absolute atomic E-state index is 0.0666. The van der Waals surface area contributed by atoms with Crippen LogP contribution in [0.3, 0.4) is 0 Å². The van der Waals surface area contributed by atoms with E-state index in [1.807, 2.05) is 6.92 Å². The number of Topliss-reactive ketones (excluding diaryl/α,β-unsaturated/α-hetero) is 1. The zero-order valence-corrected chi connectivity index (χ0v) is 12.7. The lowest BCUT2D eigenvalue weighted by Crippen LogP contribution is -2.46. The first-order chi connectivity index (χ1) is 9.83. The standard InChI is InChI=1S/C7H12N2O.C7H8O3S/c10-6-2-1-3-7(6)4-5-8-9-7;1-6-2-4-7(5-3-6)11(8,9)10/h8-9H,1-5H2;2-5H,1H3,(H,8,9,10). The molecular formula is C14H20N2O4S. The Morgan fingerprint density at radius 2 is 1.86 bits per heavy atom. The highest BCUT2D eigenvalue weighted by atomic mass is 32.2. The van der Waals surface area contributed by atoms with Gasteiger partial charge in [-0.2, -0.15) is 8.42 Å². The van der Waals surface area contributed by atoms with Crippen LogP contribution in [0.5, 0.6) is 0 Å². The number of hydrogen-bond donors (Lipinski definition) is 3. The number of rotatable bonds is 1. The third-order valence-electron chi connectivity index (χ3n) is 3.86. The zero-order valence-electron chi connectivity index (χ0n) is 11.9. The molecule has 1 saturated carbocycles. The van der Waals surface area contributed by atoms with Crippen LogP contribution < -0.4 is 10.9 Å². The molecule has 0 amide bonds. The van der Waals surface area contributed by atoms with Gasteiger partial charge >= 0.3 is 0 Å². The van der Waals surface area contributed by atoms with E-state index < -0.39 is 10.1 Å². The van der Waals surface area contributed by atoms with E-state index in [2.05, 4.69) is 10.9 Å². The summed E-state index contributed by atoms with van der Waals surface area (Å²) in [6.07, 6.45) is 3.84. The molecule has 1 aliphatic carbocycles. The van der Waals surface area contributed by atoms with Crippen molar-refractivity contribution in [3.8, 4) is 0 Å². The van der Waals surface area contributed by atoms with Gasteiger partial charge in [0.1, 0.15) is 0 Å². The number of ketones is 1. The Hall–Kier alpha value is -1.28. The van der Waals surface area contributed by atoms with Gasteiger partial charge in [-0.3, -0.25) is 14.8 Å². The number of carbonyl (C=O) groups is 1. The lowest BCUT2D eigenvalue weighted by Gasteiger charge is -2.19. The second-order valence-corrected chi connectivity index (χ2v) is 6.87. The van der Waals surface area contributed by atoms with E-state index in [9.17, 15) is 13.2 Å². The third kappa shape index (κ3) is 3.88. The van der Waals surface area contributed by atoms with E-state index in [-0.39, 0.29) is 10.4 Å². The maximum atomic E-state index is 11.3. The van der Waals surface area contributed by atoms with Crippen molar-refractivity contribution in [1.82, 2.24) is 10.9 Å². The topological polar surface area (TPSA) is 95.5 Å². The molecular weight excluding hydrogens is 292 g/mol. The molecule has 7 heteroatoms. The molecule has 0 radical (unpaired) electrons. The van der Waals surface area contributed by atoms with Gasteiger partial charge in [-0.05, 0) is 38.3 Å². The number of nitrogens with one attached hydrogen (secondary N) is 2. The van der Waals surface area contributed by atoms with E-state index in [4.69, 9.17) is 4.55 Å². The highest BCUT2D eigenvalue weighted by molar-refractivity contribution is 7.85. The average Bonchev–Trinajstić information content (AvgIpc) is 3.02. The van der Waals surface area contributed by atoms with E-state index in [1.54, 1.807) is 12.1 Å². The van der Waals surface area contributed by atoms with Gasteiger partial charge < -0.3 is 0 Å². The molecule has 21 heavy (non-hydrogen) atoms. The SMILES string of the molecule is Cc1ccc(S(=O)(=O)O)cc1.O=C1CCCC12CCNN2. The minimum Gasteiger partial charge on any atom is -0.298 e. The second-order valence-electron chi connectivity index (χ2n) is 5.45. The fourth-order valence-corrected chi connectivity index (χ4v) is 3.09. The zero-order chi connectivity index (χ0) is 15.5. The highest BCUT2D eigenvalue weighted by Crippen LogP contribution is 2.30. The molecule has 6 nitrogen and oxygen atoms in total. The van der Waals surface area contributed by atoms with Crippen molar-refractivity contribution in [1.29, 1.82) is 0 Å². The lowest BCUT2D eigenvalue weighted by molar-refractivity contribution is -0.122. The van der Waals surface area contributed by atoms with Crippen molar-refractivity contribution < 1.29 is 17.8 Å². The number of carbonyl (C=O) groups excluding carboxylic acids is 1. The Bertz CT molecular complexity index is 599. The first-order valence-corrected chi connectivity index (χ1v) is 8.35. The predicted molar refractivity (Wildman–Crippen MR) is 78.3 cm³/mol. The quantitative estimate of drug-likeness (QED) is 0.675. The van der Waals surface area contributed by atoms with Crippen LogP contribution in [0, 0.1) is 6.92 Å². The van der Waals surface area contributed by atoms with Gasteiger partial charge in [0, 0.05) is 13.0 Å². The largest absolute Gasteiger partial charge is 0.298 e. The summed E-state index contributed by atoms with van der Waals surface area (Å²) in [5.74, 6) is 0.400. The van der Waals surface area contributed by atoms with Crippen LogP contribution in [-0.4, -0.2) is 30.8 Å². The fraction of sp³-hybridized carbons (Fsp3) is 0.500. The average molecular weight is 312 g/mol. The van der Waals surface area contributed by atoms with Crippen LogP contribution in [-0.2, 0) is 14.9 Å². The molecule has 3 N–H and O–H groups in total. The molecule has 1 aromatic carbocycles. The Balaban J connectivity index is 0.000000154. The molecule has 2 fully saturated rings. The van der Waals surface area contributed by atoms with Gasteiger partial charge in [-0.1, -0.05) is 17.7 Å². The van der Waals surface area contributed by atoms with Crippen molar-refractivity contribution in [3.05, 3.63) is 29.8 Å². The molecule has 2 aliphatic rings. The van der Waals surface area contributed by atoms with Gasteiger partial charge in [0.2, 0.25) is 0 Å². The monoisotopic (exact) mass is 312 g/mol. The van der Waals surface area contributed by atoms with Gasteiger partial charge in [-0.25, -0.2) is 5.43 Å². The van der Waals surface area contributed by atoms with Crippen LogP contribution >= 0.6 is 0 Å². The molecule has 116 valence electrons. The highest BCUT2D eigenvalue weighted by Gasteiger charge is 2.43. The first-order valence-electron chi connectivity index (χ1n) is 6.91. The van der Waals surface area contributed by atoms with E-state index in [0.717, 1.165) is 37.8 Å². The Labute approximate surface area is 124 Å². The van der Waals surface area contributed by atoms with Crippen molar-refractivity contribution >= 4 is 15.9 Å². The minimum atomic E-state index is -4.02. The van der Waals surface area contributed by atoms with Crippen LogP contribution in [0.25, 0.3) is 0 Å². The molecule has 1 aliphatic heterocycles. The molecule has 1 saturated heterocycles. The van der Waals surface area contributed by atoms with Gasteiger partial charge in [0.05, 0.1) is 10.4 Å². The van der Waals surface area contributed by atoms with Crippen LogP contribution in [0.1, 0.15) is 31.2 Å². The summed E-state index contributed by atoms with van der Waals surface area (Å²) in [4.78, 5) is 11.2. The van der Waals surface area contributed by atoms with Crippen molar-refractivity contribution in [3.63, 3.8) is 0 Å². The first kappa shape index (κ1) is 16.1. The Kier molecular flexibility index (Phi) is 4.77. The summed E-state index contributed by atoms with van der Waals surface area (Å²) in [6.45, 7) is 2.78. The van der Waals surface area contributed by atoms with Crippen LogP contribution in [0.2, 0.25) is 0 Å². The van der Waals surface area contributed by atoms with Crippen molar-refractivity contribution in [2.24, 2.45) is 0 Å². The van der Waals surface area contributed by atoms with E-state index >= 15 is 0 Å². The van der Waals surface area contributed by atoms with Crippen molar-refractivity contribution in [2.45, 2.75) is 43.0 Å². The summed E-state index contributed by atoms with van der Waals surface area (Å²) in [7, 11) is -4.02. The maximum absolute atomic E-state index is 11.3. The second kappa shape index (κ2) is 6.23.